The Morgan fingerprint density at radius 2 is 1.93 bits per heavy atom. The number of rotatable bonds is 6. The lowest BCUT2D eigenvalue weighted by molar-refractivity contribution is -0.113. The quantitative estimate of drug-likeness (QED) is 0.642. The number of hydrogen-bond donors (Lipinski definition) is 1. The van der Waals surface area contributed by atoms with Gasteiger partial charge in [0.2, 0.25) is 5.91 Å². The van der Waals surface area contributed by atoms with Gasteiger partial charge in [0.15, 0.2) is 5.16 Å². The van der Waals surface area contributed by atoms with Crippen LogP contribution in [0.2, 0.25) is 0 Å². The summed E-state index contributed by atoms with van der Waals surface area (Å²) in [5.74, 6) is 1.74. The number of carbonyl (C=O) groups is 1. The van der Waals surface area contributed by atoms with Crippen LogP contribution in [0.15, 0.2) is 53.7 Å². The van der Waals surface area contributed by atoms with Gasteiger partial charge in [0, 0.05) is 17.3 Å². The summed E-state index contributed by atoms with van der Waals surface area (Å²) in [4.78, 5) is 12.5. The second-order valence-electron chi connectivity index (χ2n) is 6.94. The lowest BCUT2D eigenvalue weighted by Crippen LogP contribution is -2.15. The van der Waals surface area contributed by atoms with Crippen molar-refractivity contribution < 1.29 is 4.79 Å². The van der Waals surface area contributed by atoms with E-state index in [4.69, 9.17) is 0 Å². The first kappa shape index (κ1) is 17.8. The van der Waals surface area contributed by atoms with Crippen molar-refractivity contribution in [1.82, 2.24) is 14.8 Å². The summed E-state index contributed by atoms with van der Waals surface area (Å²) in [5, 5.41) is 12.5. The summed E-state index contributed by atoms with van der Waals surface area (Å²) >= 11 is 1.42. The number of amides is 1. The van der Waals surface area contributed by atoms with Gasteiger partial charge in [0.1, 0.15) is 5.82 Å². The van der Waals surface area contributed by atoms with Crippen LogP contribution in [0.1, 0.15) is 35.7 Å². The Labute approximate surface area is 163 Å². The van der Waals surface area contributed by atoms with Crippen molar-refractivity contribution in [3.8, 4) is 5.69 Å². The van der Waals surface area contributed by atoms with Gasteiger partial charge in [-0.15, -0.1) is 10.2 Å². The minimum Gasteiger partial charge on any atom is -0.325 e. The summed E-state index contributed by atoms with van der Waals surface area (Å²) in [6, 6.07) is 16.2. The smallest absolute Gasteiger partial charge is 0.234 e. The van der Waals surface area contributed by atoms with Gasteiger partial charge in [-0.25, -0.2) is 0 Å². The topological polar surface area (TPSA) is 59.8 Å². The highest BCUT2D eigenvalue weighted by Gasteiger charge is 2.31. The third-order valence-electron chi connectivity index (χ3n) is 4.61. The molecule has 2 aromatic carbocycles. The molecule has 3 aromatic rings. The zero-order valence-electron chi connectivity index (χ0n) is 15.5. The number of benzene rings is 2. The molecular weight excluding hydrogens is 356 g/mol. The van der Waals surface area contributed by atoms with Crippen molar-refractivity contribution in [1.29, 1.82) is 0 Å². The Bertz CT molecular complexity index is 964. The number of nitrogens with one attached hydrogen (secondary N) is 1. The number of aromatic nitrogens is 3. The molecular formula is C21H22N4OS. The Balaban J connectivity index is 1.50. The molecule has 0 radical (unpaired) electrons. The van der Waals surface area contributed by atoms with Gasteiger partial charge in [-0.3, -0.25) is 9.36 Å². The molecule has 1 aliphatic carbocycles. The van der Waals surface area contributed by atoms with E-state index in [1.807, 2.05) is 50.2 Å². The largest absolute Gasteiger partial charge is 0.325 e. The lowest BCUT2D eigenvalue weighted by atomic mass is 10.1. The van der Waals surface area contributed by atoms with Crippen LogP contribution in [0.3, 0.4) is 0 Å². The van der Waals surface area contributed by atoms with Crippen molar-refractivity contribution in [2.75, 3.05) is 11.1 Å². The monoisotopic (exact) mass is 378 g/mol. The van der Waals surface area contributed by atoms with E-state index in [1.165, 1.54) is 11.8 Å². The average Bonchev–Trinajstić information content (AvgIpc) is 3.43. The molecule has 0 spiro atoms. The molecule has 1 saturated carbocycles. The molecule has 1 amide bonds. The number of anilines is 1. The average molecular weight is 379 g/mol. The third kappa shape index (κ3) is 4.06. The van der Waals surface area contributed by atoms with Gasteiger partial charge in [0.25, 0.3) is 0 Å². The van der Waals surface area contributed by atoms with Gasteiger partial charge in [-0.2, -0.15) is 0 Å². The Morgan fingerprint density at radius 3 is 2.67 bits per heavy atom. The summed E-state index contributed by atoms with van der Waals surface area (Å²) in [6.07, 6.45) is 2.31. The van der Waals surface area contributed by atoms with E-state index >= 15 is 0 Å². The van der Waals surface area contributed by atoms with E-state index in [0.29, 0.717) is 11.7 Å². The minimum atomic E-state index is -0.0377. The molecule has 0 aliphatic heterocycles. The second kappa shape index (κ2) is 7.56. The third-order valence-corrected chi connectivity index (χ3v) is 5.54. The first-order valence-corrected chi connectivity index (χ1v) is 10.1. The fourth-order valence-electron chi connectivity index (χ4n) is 2.99. The maximum Gasteiger partial charge on any atom is 0.234 e. The summed E-state index contributed by atoms with van der Waals surface area (Å²) < 4.78 is 2.09. The highest BCUT2D eigenvalue weighted by molar-refractivity contribution is 7.99. The first-order chi connectivity index (χ1) is 13.1. The van der Waals surface area contributed by atoms with E-state index in [1.54, 1.807) is 0 Å². The molecule has 5 nitrogen and oxygen atoms in total. The van der Waals surface area contributed by atoms with E-state index in [0.717, 1.165) is 46.3 Å². The predicted octanol–water partition coefficient (Wildman–Crippen LogP) is 4.49. The fraction of sp³-hybridized carbons (Fsp3) is 0.286. The summed E-state index contributed by atoms with van der Waals surface area (Å²) in [7, 11) is 0. The van der Waals surface area contributed by atoms with E-state index < -0.39 is 0 Å². The molecule has 1 N–H and O–H groups in total. The maximum atomic E-state index is 12.5. The summed E-state index contributed by atoms with van der Waals surface area (Å²) in [6.45, 7) is 4.02. The van der Waals surface area contributed by atoms with E-state index in [2.05, 4.69) is 32.2 Å². The zero-order valence-corrected chi connectivity index (χ0v) is 16.3. The maximum absolute atomic E-state index is 12.5. The predicted molar refractivity (Wildman–Crippen MR) is 109 cm³/mol. The molecule has 0 atom stereocenters. The number of para-hydroxylation sites is 1. The molecule has 1 aromatic heterocycles. The van der Waals surface area contributed by atoms with Crippen LogP contribution in [-0.2, 0) is 4.79 Å². The van der Waals surface area contributed by atoms with Crippen LogP contribution in [-0.4, -0.2) is 26.4 Å². The van der Waals surface area contributed by atoms with E-state index in [-0.39, 0.29) is 5.91 Å². The van der Waals surface area contributed by atoms with Crippen LogP contribution in [0, 0.1) is 13.8 Å². The van der Waals surface area contributed by atoms with Gasteiger partial charge in [-0.1, -0.05) is 42.1 Å². The van der Waals surface area contributed by atoms with Crippen LogP contribution in [0.4, 0.5) is 5.69 Å². The number of thioether (sulfide) groups is 1. The molecule has 1 heterocycles. The molecule has 4 rings (SSSR count). The number of aryl methyl sites for hydroxylation is 2. The van der Waals surface area contributed by atoms with Crippen LogP contribution < -0.4 is 5.32 Å². The molecule has 0 saturated heterocycles. The number of nitrogens with zero attached hydrogens (tertiary/aromatic N) is 3. The Kier molecular flexibility index (Phi) is 4.99. The normalized spacial score (nSPS) is 13.6. The number of carbonyl (C=O) groups excluding carboxylic acids is 1. The lowest BCUT2D eigenvalue weighted by Gasteiger charge is -2.11. The fourth-order valence-corrected chi connectivity index (χ4v) is 3.75. The Morgan fingerprint density at radius 1 is 1.15 bits per heavy atom. The molecule has 0 bridgehead atoms. The van der Waals surface area contributed by atoms with Gasteiger partial charge < -0.3 is 5.32 Å². The zero-order chi connectivity index (χ0) is 18.8. The molecule has 27 heavy (non-hydrogen) atoms. The standard InChI is InChI=1S/C21H22N4OS/c1-14-8-9-15(2)18(12-14)22-19(26)13-27-21-24-23-20(16-10-11-16)25(21)17-6-4-3-5-7-17/h3-9,12,16H,10-11,13H2,1-2H3,(H,22,26). The van der Waals surface area contributed by atoms with Crippen molar-refractivity contribution >= 4 is 23.4 Å². The second-order valence-corrected chi connectivity index (χ2v) is 7.88. The van der Waals surface area contributed by atoms with Gasteiger partial charge >= 0.3 is 0 Å². The summed E-state index contributed by atoms with van der Waals surface area (Å²) in [5.41, 5.74) is 4.09. The molecule has 138 valence electrons. The SMILES string of the molecule is Cc1ccc(C)c(NC(=O)CSc2nnc(C3CC3)n2-c2ccccc2)c1. The van der Waals surface area contributed by atoms with E-state index in [9.17, 15) is 4.79 Å². The molecule has 1 aliphatic rings. The molecule has 1 fully saturated rings. The van der Waals surface area contributed by atoms with Crippen molar-refractivity contribution in [3.63, 3.8) is 0 Å². The van der Waals surface area contributed by atoms with Crippen LogP contribution in [0.5, 0.6) is 0 Å². The molecule has 0 unspecified atom stereocenters. The van der Waals surface area contributed by atoms with Crippen molar-refractivity contribution in [2.45, 2.75) is 37.8 Å². The Hall–Kier alpha value is -2.60. The first-order valence-electron chi connectivity index (χ1n) is 9.12. The minimum absolute atomic E-state index is 0.0377. The van der Waals surface area contributed by atoms with Crippen LogP contribution >= 0.6 is 11.8 Å². The molecule has 6 heteroatoms. The number of hydrogen-bond acceptors (Lipinski definition) is 4. The van der Waals surface area contributed by atoms with Gasteiger partial charge in [-0.05, 0) is 56.0 Å². The van der Waals surface area contributed by atoms with Gasteiger partial charge in [0.05, 0.1) is 5.75 Å². The van der Waals surface area contributed by atoms with Crippen molar-refractivity contribution in [2.24, 2.45) is 0 Å². The highest BCUT2D eigenvalue weighted by Crippen LogP contribution is 2.41. The highest BCUT2D eigenvalue weighted by atomic mass is 32.2. The van der Waals surface area contributed by atoms with Crippen LogP contribution in [0.25, 0.3) is 5.69 Å². The van der Waals surface area contributed by atoms with Crippen molar-refractivity contribution in [3.05, 3.63) is 65.5 Å².